The molecule has 0 saturated heterocycles. The van der Waals surface area contributed by atoms with Crippen molar-refractivity contribution in [2.75, 3.05) is 28.0 Å². The smallest absolute Gasteiger partial charge is 0.259 e. The molecule has 5 aromatic carbocycles. The van der Waals surface area contributed by atoms with Crippen LogP contribution in [0.2, 0.25) is 0 Å². The van der Waals surface area contributed by atoms with Crippen molar-refractivity contribution in [3.63, 3.8) is 0 Å². The minimum Gasteiger partial charge on any atom is -0.493 e. The van der Waals surface area contributed by atoms with Crippen LogP contribution >= 0.6 is 12.6 Å². The summed E-state index contributed by atoms with van der Waals surface area (Å²) in [6, 6.07) is 27.7. The van der Waals surface area contributed by atoms with Gasteiger partial charge in [-0.3, -0.25) is 14.4 Å². The molecule has 5 aromatic rings. The molecule has 0 fully saturated rings. The normalized spacial score (nSPS) is 19.9. The first-order chi connectivity index (χ1) is 29.1. The number of hydrogen-bond donors (Lipinski definition) is 4. The van der Waals surface area contributed by atoms with Crippen molar-refractivity contribution in [2.24, 2.45) is 0 Å². The van der Waals surface area contributed by atoms with Gasteiger partial charge in [0.25, 0.3) is 11.8 Å². The Balaban J connectivity index is 0.964. The molecule has 0 bridgehead atoms. The predicted molar refractivity (Wildman–Crippen MR) is 232 cm³/mol. The number of para-hydroxylation sites is 2. The fraction of sp³-hybridized carbons (Fsp3) is 0.312. The predicted octanol–water partition coefficient (Wildman–Crippen LogP) is 6.79. The zero-order valence-corrected chi connectivity index (χ0v) is 34.4. The van der Waals surface area contributed by atoms with Gasteiger partial charge in [0.2, 0.25) is 5.91 Å². The third-order valence-corrected chi connectivity index (χ3v) is 12.5. The number of ether oxygens (including phenoxy) is 3. The lowest BCUT2D eigenvalue weighted by Gasteiger charge is -2.26. The summed E-state index contributed by atoms with van der Waals surface area (Å²) < 4.78 is 18.6. The van der Waals surface area contributed by atoms with Gasteiger partial charge in [0.1, 0.15) is 19.0 Å². The monoisotopic (exact) mass is 825 g/mol. The van der Waals surface area contributed by atoms with Gasteiger partial charge in [-0.25, -0.2) is 0 Å². The third kappa shape index (κ3) is 7.37. The summed E-state index contributed by atoms with van der Waals surface area (Å²) >= 11 is 4.26. The second-order valence-electron chi connectivity index (χ2n) is 16.1. The molecule has 0 aromatic heterocycles. The van der Waals surface area contributed by atoms with Crippen LogP contribution in [0.5, 0.6) is 17.2 Å². The first-order valence-corrected chi connectivity index (χ1v) is 21.1. The van der Waals surface area contributed by atoms with Gasteiger partial charge in [-0.2, -0.15) is 12.6 Å². The molecule has 4 atom stereocenters. The lowest BCUT2D eigenvalue weighted by molar-refractivity contribution is -0.116. The van der Waals surface area contributed by atoms with Crippen LogP contribution in [0.4, 0.5) is 17.1 Å². The summed E-state index contributed by atoms with van der Waals surface area (Å²) in [5.41, 5.74) is 9.05. The number of methoxy groups -OCH3 is 1. The van der Waals surface area contributed by atoms with E-state index in [2.05, 4.69) is 17.9 Å². The average Bonchev–Trinajstić information content (AvgIpc) is 3.79. The van der Waals surface area contributed by atoms with Crippen LogP contribution in [0.15, 0.2) is 91.0 Å². The molecule has 2 unspecified atom stereocenters. The molecule has 0 radical (unpaired) electrons. The Bertz CT molecular complexity index is 2520. The molecule has 3 N–H and O–H groups in total. The van der Waals surface area contributed by atoms with E-state index in [9.17, 15) is 24.6 Å². The molecule has 60 heavy (non-hydrogen) atoms. The molecule has 11 nitrogen and oxygen atoms in total. The highest BCUT2D eigenvalue weighted by Gasteiger charge is 2.43. The van der Waals surface area contributed by atoms with E-state index in [1.54, 1.807) is 21.9 Å². The van der Waals surface area contributed by atoms with Gasteiger partial charge >= 0.3 is 0 Å². The summed E-state index contributed by atoms with van der Waals surface area (Å²) in [5, 5.41) is 25.7. The molecule has 3 amide bonds. The zero-order chi connectivity index (χ0) is 41.7. The number of benzene rings is 5. The highest BCUT2D eigenvalue weighted by atomic mass is 32.1. The van der Waals surface area contributed by atoms with E-state index in [1.165, 1.54) is 7.11 Å². The number of nitrogens with zero attached hydrogens (tertiary/aromatic N) is 2. The van der Waals surface area contributed by atoms with Crippen molar-refractivity contribution >= 4 is 47.4 Å². The maximum absolute atomic E-state index is 14.0. The quantitative estimate of drug-likeness (QED) is 0.107. The Morgan fingerprint density at radius 3 is 1.80 bits per heavy atom. The van der Waals surface area contributed by atoms with Crippen molar-refractivity contribution in [3.8, 4) is 17.2 Å². The molecule has 4 aliphatic heterocycles. The highest BCUT2D eigenvalue weighted by molar-refractivity contribution is 7.80. The van der Waals surface area contributed by atoms with Crippen LogP contribution in [0, 0.1) is 6.92 Å². The number of anilines is 3. The van der Waals surface area contributed by atoms with E-state index in [0.717, 1.165) is 44.8 Å². The minimum atomic E-state index is -0.780. The second kappa shape index (κ2) is 16.3. The van der Waals surface area contributed by atoms with Crippen LogP contribution in [0.1, 0.15) is 72.5 Å². The molecule has 308 valence electrons. The lowest BCUT2D eigenvalue weighted by Crippen LogP contribution is -2.43. The Hall–Kier alpha value is -5.82. The molecule has 0 saturated carbocycles. The maximum Gasteiger partial charge on any atom is 0.259 e. The number of aliphatic hydroxyl groups is 2. The van der Waals surface area contributed by atoms with Gasteiger partial charge in [0, 0.05) is 47.5 Å². The number of fused-ring (bicyclic) bond motifs is 8. The van der Waals surface area contributed by atoms with E-state index >= 15 is 0 Å². The minimum absolute atomic E-state index is 0.0970. The van der Waals surface area contributed by atoms with Gasteiger partial charge in [0.15, 0.2) is 11.5 Å². The fourth-order valence-corrected chi connectivity index (χ4v) is 9.39. The summed E-state index contributed by atoms with van der Waals surface area (Å²) in [6.07, 6.45) is 1.19. The van der Waals surface area contributed by atoms with Crippen molar-refractivity contribution in [1.29, 1.82) is 0 Å². The number of rotatable bonds is 11. The number of hydrogen-bond acceptors (Lipinski definition) is 9. The molecule has 4 heterocycles. The van der Waals surface area contributed by atoms with Crippen molar-refractivity contribution < 1.29 is 38.8 Å². The number of thiol groups is 1. The lowest BCUT2D eigenvalue weighted by atomic mass is 9.96. The van der Waals surface area contributed by atoms with Crippen molar-refractivity contribution in [2.45, 2.75) is 83.0 Å². The molecular formula is C48H47N3O8S. The van der Waals surface area contributed by atoms with Crippen molar-refractivity contribution in [1.82, 2.24) is 0 Å². The Morgan fingerprint density at radius 2 is 1.23 bits per heavy atom. The SMILES string of the molecule is COc1cc2c(cc1OCc1cc(COc3cc4c(cc3C)C(=O)N3c5ccccc5C[C@H]3C(O)C4)cc(NC(=O)CCCS)c1)CC(O)[C@@H]1Cc3ccccc3N1C2=O. The van der Waals surface area contributed by atoms with Gasteiger partial charge in [-0.15, -0.1) is 0 Å². The van der Waals surface area contributed by atoms with Gasteiger partial charge < -0.3 is 39.5 Å². The molecule has 4 aliphatic rings. The Morgan fingerprint density at radius 1 is 0.700 bits per heavy atom. The number of carbonyl (C=O) groups is 3. The van der Waals surface area contributed by atoms with E-state index in [-0.39, 0.29) is 49.4 Å². The Labute approximate surface area is 354 Å². The van der Waals surface area contributed by atoms with E-state index < -0.39 is 12.2 Å². The first kappa shape index (κ1) is 39.6. The molecule has 0 spiro atoms. The number of aliphatic hydroxyl groups excluding tert-OH is 2. The van der Waals surface area contributed by atoms with Crippen LogP contribution in [0.3, 0.4) is 0 Å². The third-order valence-electron chi connectivity index (χ3n) is 12.1. The van der Waals surface area contributed by atoms with E-state index in [1.807, 2.05) is 85.8 Å². The van der Waals surface area contributed by atoms with Gasteiger partial charge in [-0.05, 0) is 125 Å². The average molecular weight is 826 g/mol. The standard InChI is InChI=1S/C48H47N3O8S/c1-27-14-35-32(20-41(52)39-18-30-8-3-5-10-37(30)50(39)47(35)55)22-43(27)58-25-28-15-29(17-34(16-28)49-46(54)12-7-13-60)26-59-45-23-33-21-42(53)40-19-31-9-4-6-11-38(31)51(40)48(56)36(33)24-44(45)57-2/h3-6,8-11,14-17,22-24,39-42,52-53,60H,7,12-13,18-21,25-26H2,1-2H3,(H,49,54)/t39-,40-,41?,42?/m0/s1. The highest BCUT2D eigenvalue weighted by Crippen LogP contribution is 2.42. The maximum atomic E-state index is 14.0. The summed E-state index contributed by atoms with van der Waals surface area (Å²) in [7, 11) is 1.53. The molecule has 0 aliphatic carbocycles. The largest absolute Gasteiger partial charge is 0.493 e. The van der Waals surface area contributed by atoms with E-state index in [0.29, 0.717) is 77.5 Å². The van der Waals surface area contributed by atoms with Crippen LogP contribution in [-0.2, 0) is 43.7 Å². The number of carbonyl (C=O) groups excluding carboxylic acids is 3. The summed E-state index contributed by atoms with van der Waals surface area (Å²) in [4.78, 5) is 44.4. The van der Waals surface area contributed by atoms with Crippen LogP contribution in [0.25, 0.3) is 0 Å². The molecule has 12 heteroatoms. The van der Waals surface area contributed by atoms with Gasteiger partial charge in [0.05, 0.1) is 31.4 Å². The van der Waals surface area contributed by atoms with Crippen molar-refractivity contribution in [3.05, 3.63) is 141 Å². The number of aryl methyl sites for hydroxylation is 1. The Kier molecular flexibility index (Phi) is 10.8. The fourth-order valence-electron chi connectivity index (χ4n) is 9.23. The molecule has 9 rings (SSSR count). The number of amides is 3. The number of nitrogens with one attached hydrogen (secondary N) is 1. The molecular weight excluding hydrogens is 779 g/mol. The topological polar surface area (TPSA) is 138 Å². The van der Waals surface area contributed by atoms with Crippen LogP contribution in [-0.4, -0.2) is 65.1 Å². The van der Waals surface area contributed by atoms with E-state index in [4.69, 9.17) is 14.2 Å². The first-order valence-electron chi connectivity index (χ1n) is 20.4. The second-order valence-corrected chi connectivity index (χ2v) is 16.6. The van der Waals surface area contributed by atoms with Crippen LogP contribution < -0.4 is 29.3 Å². The van der Waals surface area contributed by atoms with Gasteiger partial charge in [-0.1, -0.05) is 36.4 Å². The summed E-state index contributed by atoms with van der Waals surface area (Å²) in [6.45, 7) is 2.15. The zero-order valence-electron chi connectivity index (χ0n) is 33.5. The summed E-state index contributed by atoms with van der Waals surface area (Å²) in [5.74, 6) is 1.53.